The van der Waals surface area contributed by atoms with Crippen molar-refractivity contribution in [3.63, 3.8) is 0 Å². The Morgan fingerprint density at radius 1 is 1.11 bits per heavy atom. The topological polar surface area (TPSA) is 38.3 Å². The molecule has 0 aromatic rings. The highest BCUT2D eigenvalue weighted by atomic mass is 127. The molecule has 4 atom stereocenters. The van der Waals surface area contributed by atoms with E-state index in [4.69, 9.17) is 4.74 Å². The lowest BCUT2D eigenvalue weighted by molar-refractivity contribution is -0.127. The number of unbranched alkanes of at least 4 members (excludes halogenated alkanes) is 3. The van der Waals surface area contributed by atoms with E-state index < -0.39 is 0 Å². The summed E-state index contributed by atoms with van der Waals surface area (Å²) in [6, 6.07) is 0. The van der Waals surface area contributed by atoms with E-state index in [-0.39, 0.29) is 24.0 Å². The van der Waals surface area contributed by atoms with E-state index in [1.165, 1.54) is 23.7 Å². The van der Waals surface area contributed by atoms with Crippen LogP contribution in [0.25, 0.3) is 0 Å². The lowest BCUT2D eigenvalue weighted by Gasteiger charge is -2.17. The standard InChI is InChI=1S/C14H26INO2/c1-10-11(2)18-12(3)13(10)14(17)16-9-7-5-4-6-8-15/h10-13H,4-9H2,1-3H3,(H,16,17). The Morgan fingerprint density at radius 3 is 2.33 bits per heavy atom. The van der Waals surface area contributed by atoms with E-state index in [9.17, 15) is 4.79 Å². The van der Waals surface area contributed by atoms with Crippen LogP contribution in [-0.4, -0.2) is 29.1 Å². The number of amides is 1. The molecule has 0 aromatic heterocycles. The molecule has 3 nitrogen and oxygen atoms in total. The summed E-state index contributed by atoms with van der Waals surface area (Å²) in [6.45, 7) is 6.98. The lowest BCUT2D eigenvalue weighted by Crippen LogP contribution is -2.37. The minimum atomic E-state index is 0.0225. The molecule has 1 amide bonds. The van der Waals surface area contributed by atoms with E-state index >= 15 is 0 Å². The fraction of sp³-hybridized carbons (Fsp3) is 0.929. The Labute approximate surface area is 125 Å². The van der Waals surface area contributed by atoms with E-state index in [0.29, 0.717) is 5.92 Å². The van der Waals surface area contributed by atoms with E-state index in [2.05, 4.69) is 41.8 Å². The number of hydrogen-bond donors (Lipinski definition) is 1. The molecule has 1 saturated heterocycles. The summed E-state index contributed by atoms with van der Waals surface area (Å²) in [6.07, 6.45) is 5.11. The minimum Gasteiger partial charge on any atom is -0.374 e. The van der Waals surface area contributed by atoms with Crippen molar-refractivity contribution in [2.24, 2.45) is 11.8 Å². The lowest BCUT2D eigenvalue weighted by atomic mass is 9.89. The van der Waals surface area contributed by atoms with Crippen molar-refractivity contribution in [2.75, 3.05) is 11.0 Å². The summed E-state index contributed by atoms with van der Waals surface area (Å²) in [5.41, 5.74) is 0. The fourth-order valence-electron chi connectivity index (χ4n) is 2.62. The van der Waals surface area contributed by atoms with Crippen molar-refractivity contribution < 1.29 is 9.53 Å². The van der Waals surface area contributed by atoms with Gasteiger partial charge in [0.05, 0.1) is 18.1 Å². The van der Waals surface area contributed by atoms with E-state index in [1.807, 2.05) is 6.92 Å². The molecule has 1 fully saturated rings. The third kappa shape index (κ3) is 4.68. The zero-order valence-corrected chi connectivity index (χ0v) is 13.9. The maximum Gasteiger partial charge on any atom is 0.226 e. The predicted octanol–water partition coefficient (Wildman–Crippen LogP) is 3.16. The van der Waals surface area contributed by atoms with Crippen molar-refractivity contribution in [1.29, 1.82) is 0 Å². The van der Waals surface area contributed by atoms with Crippen LogP contribution < -0.4 is 5.32 Å². The molecule has 106 valence electrons. The quantitative estimate of drug-likeness (QED) is 0.427. The van der Waals surface area contributed by atoms with Crippen LogP contribution in [0.2, 0.25) is 0 Å². The van der Waals surface area contributed by atoms with Crippen LogP contribution >= 0.6 is 22.6 Å². The average molecular weight is 367 g/mol. The van der Waals surface area contributed by atoms with Gasteiger partial charge < -0.3 is 10.1 Å². The summed E-state index contributed by atoms with van der Waals surface area (Å²) < 4.78 is 6.94. The van der Waals surface area contributed by atoms with E-state index in [1.54, 1.807) is 0 Å². The molecule has 1 rings (SSSR count). The third-order valence-electron chi connectivity index (χ3n) is 3.90. The van der Waals surface area contributed by atoms with Gasteiger partial charge in [-0.05, 0) is 37.0 Å². The zero-order chi connectivity index (χ0) is 13.5. The average Bonchev–Trinajstić information content (AvgIpc) is 2.58. The van der Waals surface area contributed by atoms with Gasteiger partial charge in [0.25, 0.3) is 0 Å². The number of alkyl halides is 1. The Kier molecular flexibility index (Phi) is 7.53. The molecule has 4 heteroatoms. The molecule has 0 radical (unpaired) electrons. The molecular weight excluding hydrogens is 341 g/mol. The second-order valence-electron chi connectivity index (χ2n) is 5.33. The molecule has 0 spiro atoms. The molecule has 1 aliphatic rings. The maximum absolute atomic E-state index is 12.1. The number of hydrogen-bond acceptors (Lipinski definition) is 2. The zero-order valence-electron chi connectivity index (χ0n) is 11.7. The first-order valence-corrected chi connectivity index (χ1v) is 8.59. The predicted molar refractivity (Wildman–Crippen MR) is 83.0 cm³/mol. The number of rotatable bonds is 7. The number of halogens is 1. The summed E-state index contributed by atoms with van der Waals surface area (Å²) in [7, 11) is 0. The molecule has 0 saturated carbocycles. The normalized spacial score (nSPS) is 31.6. The maximum atomic E-state index is 12.1. The largest absolute Gasteiger partial charge is 0.374 e. The summed E-state index contributed by atoms with van der Waals surface area (Å²) in [4.78, 5) is 12.1. The summed E-state index contributed by atoms with van der Waals surface area (Å²) in [5, 5.41) is 3.06. The molecule has 1 aliphatic heterocycles. The number of nitrogens with one attached hydrogen (secondary N) is 1. The van der Waals surface area contributed by atoms with Crippen LogP contribution in [0.15, 0.2) is 0 Å². The van der Waals surface area contributed by atoms with Crippen LogP contribution in [0, 0.1) is 11.8 Å². The number of carbonyl (C=O) groups is 1. The molecule has 18 heavy (non-hydrogen) atoms. The first-order valence-electron chi connectivity index (χ1n) is 7.07. The van der Waals surface area contributed by atoms with Crippen molar-refractivity contribution in [1.82, 2.24) is 5.32 Å². The Hall–Kier alpha value is 0.160. The van der Waals surface area contributed by atoms with Crippen molar-refractivity contribution >= 4 is 28.5 Å². The SMILES string of the molecule is CC1OC(C)C(C(=O)NCCCCCCI)C1C. The van der Waals surface area contributed by atoms with Crippen LogP contribution in [-0.2, 0) is 9.53 Å². The third-order valence-corrected chi connectivity index (χ3v) is 4.67. The highest BCUT2D eigenvalue weighted by molar-refractivity contribution is 14.1. The summed E-state index contributed by atoms with van der Waals surface area (Å²) >= 11 is 2.41. The first kappa shape index (κ1) is 16.2. The second-order valence-corrected chi connectivity index (χ2v) is 6.40. The highest BCUT2D eigenvalue weighted by Gasteiger charge is 2.41. The fourth-order valence-corrected chi connectivity index (χ4v) is 3.16. The number of carbonyl (C=O) groups excluding carboxylic acids is 1. The van der Waals surface area contributed by atoms with Gasteiger partial charge in [0, 0.05) is 6.54 Å². The van der Waals surface area contributed by atoms with Crippen LogP contribution in [0.4, 0.5) is 0 Å². The Morgan fingerprint density at radius 2 is 1.78 bits per heavy atom. The van der Waals surface area contributed by atoms with Crippen molar-refractivity contribution in [3.8, 4) is 0 Å². The Balaban J connectivity index is 2.20. The monoisotopic (exact) mass is 367 g/mol. The van der Waals surface area contributed by atoms with Gasteiger partial charge in [-0.2, -0.15) is 0 Å². The van der Waals surface area contributed by atoms with Gasteiger partial charge in [-0.15, -0.1) is 0 Å². The smallest absolute Gasteiger partial charge is 0.226 e. The molecule has 0 bridgehead atoms. The van der Waals surface area contributed by atoms with Gasteiger partial charge in [-0.25, -0.2) is 0 Å². The van der Waals surface area contributed by atoms with Gasteiger partial charge in [-0.1, -0.05) is 42.4 Å². The highest BCUT2D eigenvalue weighted by Crippen LogP contribution is 2.32. The second kappa shape index (κ2) is 8.35. The molecule has 4 unspecified atom stereocenters. The summed E-state index contributed by atoms with van der Waals surface area (Å²) in [5.74, 6) is 0.515. The minimum absolute atomic E-state index is 0.0225. The van der Waals surface area contributed by atoms with Gasteiger partial charge >= 0.3 is 0 Å². The van der Waals surface area contributed by atoms with Crippen LogP contribution in [0.5, 0.6) is 0 Å². The van der Waals surface area contributed by atoms with E-state index in [0.717, 1.165) is 13.0 Å². The van der Waals surface area contributed by atoms with Gasteiger partial charge in [0.1, 0.15) is 0 Å². The van der Waals surface area contributed by atoms with Crippen molar-refractivity contribution in [3.05, 3.63) is 0 Å². The van der Waals surface area contributed by atoms with Gasteiger partial charge in [0.15, 0.2) is 0 Å². The molecule has 1 N–H and O–H groups in total. The Bertz CT molecular complexity index is 260. The van der Waals surface area contributed by atoms with Crippen LogP contribution in [0.1, 0.15) is 46.5 Å². The number of ether oxygens (including phenoxy) is 1. The first-order chi connectivity index (χ1) is 8.57. The molecular formula is C14H26INO2. The van der Waals surface area contributed by atoms with Crippen LogP contribution in [0.3, 0.4) is 0 Å². The van der Waals surface area contributed by atoms with Gasteiger partial charge in [0.2, 0.25) is 5.91 Å². The molecule has 0 aliphatic carbocycles. The van der Waals surface area contributed by atoms with Gasteiger partial charge in [-0.3, -0.25) is 4.79 Å². The van der Waals surface area contributed by atoms with Crippen molar-refractivity contribution in [2.45, 2.75) is 58.7 Å². The molecule has 0 aromatic carbocycles. The molecule has 1 heterocycles.